The van der Waals surface area contributed by atoms with Crippen molar-refractivity contribution in [3.05, 3.63) is 497 Å². The summed E-state index contributed by atoms with van der Waals surface area (Å²) in [6, 6.07) is 175. The minimum atomic E-state index is 0.598. The zero-order chi connectivity index (χ0) is 84.2. The van der Waals surface area contributed by atoms with Crippen molar-refractivity contribution in [1.82, 2.24) is 29.9 Å². The van der Waals surface area contributed by atoms with Crippen LogP contribution >= 0.6 is 0 Å². The molecule has 0 unspecified atom stereocenters. The lowest BCUT2D eigenvalue weighted by Gasteiger charge is -2.17. The van der Waals surface area contributed by atoms with Crippen LogP contribution in [0.15, 0.2) is 497 Å². The Balaban J connectivity index is 0.000000160. The van der Waals surface area contributed by atoms with Gasteiger partial charge >= 0.3 is 0 Å². The molecule has 0 aliphatic carbocycles. The SMILES string of the molecule is c1ccc(-c2cccc(-c3nc(-c4ccccc4)nc(-c4cc(-c5ccc(-c6ccccc6)c(-c6ccccc6)c5)cc(-c5ccc(-c6ccccc6)c(-c6ccccc6)c5)c4)n3)c2)cc1.c1ccc(-c2nc(-c3ccccc3)nc(-c3cc(-c4ccc(-c5ccccc5)c(-c5ccccc5)c4)cc(-c4ccc(-c5ccccc5)c(-c5ccccc5)c4)c3)n2)cc1. The van der Waals surface area contributed by atoms with Crippen LogP contribution in [0.4, 0.5) is 0 Å². The molecule has 6 heteroatoms. The van der Waals surface area contributed by atoms with E-state index in [0.29, 0.717) is 34.9 Å². The zero-order valence-electron chi connectivity index (χ0n) is 69.0. The molecule has 0 aliphatic rings. The van der Waals surface area contributed by atoms with E-state index < -0.39 is 0 Å². The minimum Gasteiger partial charge on any atom is -0.208 e. The van der Waals surface area contributed by atoms with E-state index in [9.17, 15) is 0 Å². The Morgan fingerprint density at radius 3 is 0.460 bits per heavy atom. The Morgan fingerprint density at radius 1 is 0.0794 bits per heavy atom. The summed E-state index contributed by atoms with van der Waals surface area (Å²) in [5.74, 6) is 3.69. The highest BCUT2D eigenvalue weighted by molar-refractivity contribution is 5.95. The number of hydrogen-bond acceptors (Lipinski definition) is 6. The van der Waals surface area contributed by atoms with Crippen molar-refractivity contribution < 1.29 is 0 Å². The number of hydrogen-bond donors (Lipinski definition) is 0. The molecule has 21 aromatic rings. The van der Waals surface area contributed by atoms with Crippen molar-refractivity contribution in [2.45, 2.75) is 0 Å². The first-order chi connectivity index (χ1) is 62.4. The van der Waals surface area contributed by atoms with Gasteiger partial charge in [0, 0.05) is 33.4 Å². The average Bonchev–Trinajstić information content (AvgIpc) is 0.771. The second-order valence-electron chi connectivity index (χ2n) is 31.2. The molecule has 0 N–H and O–H groups in total. The zero-order valence-corrected chi connectivity index (χ0v) is 69.0. The summed E-state index contributed by atoms with van der Waals surface area (Å²) in [7, 11) is 0. The van der Waals surface area contributed by atoms with Crippen LogP contribution in [0.5, 0.6) is 0 Å². The normalized spacial score (nSPS) is 11.0. The predicted octanol–water partition coefficient (Wildman–Crippen LogP) is 31.4. The van der Waals surface area contributed by atoms with Gasteiger partial charge in [-0.1, -0.05) is 431 Å². The summed E-state index contributed by atoms with van der Waals surface area (Å²) in [5.41, 5.74) is 35.1. The van der Waals surface area contributed by atoms with Crippen molar-refractivity contribution in [1.29, 1.82) is 0 Å². The maximum absolute atomic E-state index is 5.32. The maximum atomic E-state index is 5.32. The highest BCUT2D eigenvalue weighted by Gasteiger charge is 2.22. The molecule has 0 fully saturated rings. The molecule has 0 spiro atoms. The van der Waals surface area contributed by atoms with Crippen LogP contribution in [0.2, 0.25) is 0 Å². The van der Waals surface area contributed by atoms with Crippen molar-refractivity contribution in [3.8, 4) is 213 Å². The third-order valence-corrected chi connectivity index (χ3v) is 23.1. The third-order valence-electron chi connectivity index (χ3n) is 23.1. The average molecular weight is 1610 g/mol. The quantitative estimate of drug-likeness (QED) is 0.0803. The van der Waals surface area contributed by atoms with Gasteiger partial charge in [0.25, 0.3) is 0 Å². The number of aromatic nitrogens is 6. The number of rotatable bonds is 19. The molecule has 19 aromatic carbocycles. The van der Waals surface area contributed by atoms with Gasteiger partial charge in [-0.25, -0.2) is 29.9 Å². The van der Waals surface area contributed by atoms with Gasteiger partial charge in [0.2, 0.25) is 0 Å². The molecular formula is C120H82N6. The monoisotopic (exact) mass is 1610 g/mol. The van der Waals surface area contributed by atoms with Gasteiger partial charge in [-0.3, -0.25) is 0 Å². The van der Waals surface area contributed by atoms with Crippen LogP contribution in [0.25, 0.3) is 213 Å². The molecule has 0 atom stereocenters. The van der Waals surface area contributed by atoms with E-state index in [1.54, 1.807) is 0 Å². The third kappa shape index (κ3) is 17.2. The van der Waals surface area contributed by atoms with E-state index in [-0.39, 0.29) is 0 Å². The van der Waals surface area contributed by atoms with Gasteiger partial charge in [0.1, 0.15) is 0 Å². The Bertz CT molecular complexity index is 7010. The van der Waals surface area contributed by atoms with E-state index in [0.717, 1.165) is 122 Å². The Morgan fingerprint density at radius 2 is 0.230 bits per heavy atom. The molecule has 126 heavy (non-hydrogen) atoms. The standard InChI is InChI=1S/C63H43N3.C57H39N3/c1-7-20-44(21-8-1)50-32-19-33-53(38-50)62-64-61(49-30-17-6-18-31-49)65-63(66-62)56-40-54(51-34-36-57(45-22-9-2-10-23-45)59(42-51)47-26-13-4-14-27-47)39-55(41-56)52-35-37-58(46-24-11-3-12-25-46)60(43-52)48-28-15-5-16-29-48;1-7-19-40(20-8-1)51-33-31-46(38-53(51)42-23-11-3-12-24-42)48-35-49(47-32-34-52(41-21-9-2-10-22-41)54(39-47)43-25-13-4-14-26-43)37-50(36-48)57-59-55(44-27-15-5-16-28-44)58-56(60-57)45-29-17-6-18-30-45/h1-43H;1-39H. The largest absolute Gasteiger partial charge is 0.208 e. The fourth-order valence-electron chi connectivity index (χ4n) is 16.7. The summed E-state index contributed by atoms with van der Waals surface area (Å²) in [4.78, 5) is 31.1. The molecule has 0 amide bonds. The lowest BCUT2D eigenvalue weighted by molar-refractivity contribution is 1.07. The smallest absolute Gasteiger partial charge is 0.164 e. The van der Waals surface area contributed by atoms with Gasteiger partial charge in [-0.15, -0.1) is 0 Å². The minimum absolute atomic E-state index is 0.598. The van der Waals surface area contributed by atoms with Crippen molar-refractivity contribution in [2.75, 3.05) is 0 Å². The first kappa shape index (κ1) is 77.8. The van der Waals surface area contributed by atoms with Gasteiger partial charge in [-0.05, 0) is 211 Å². The molecular weight excluding hydrogens is 1530 g/mol. The van der Waals surface area contributed by atoms with Crippen LogP contribution in [0, 0.1) is 0 Å². The number of benzene rings is 19. The van der Waals surface area contributed by atoms with Crippen molar-refractivity contribution in [2.24, 2.45) is 0 Å². The molecule has 2 heterocycles. The molecule has 0 bridgehead atoms. The first-order valence-corrected chi connectivity index (χ1v) is 42.6. The molecule has 592 valence electrons. The first-order valence-electron chi connectivity index (χ1n) is 42.6. The van der Waals surface area contributed by atoms with E-state index >= 15 is 0 Å². The topological polar surface area (TPSA) is 77.3 Å². The molecule has 0 saturated carbocycles. The van der Waals surface area contributed by atoms with Crippen molar-refractivity contribution >= 4 is 0 Å². The Hall–Kier alpha value is -16.8. The molecule has 6 nitrogen and oxygen atoms in total. The summed E-state index contributed by atoms with van der Waals surface area (Å²) < 4.78 is 0. The van der Waals surface area contributed by atoms with E-state index in [1.165, 1.54) is 55.6 Å². The summed E-state index contributed by atoms with van der Waals surface area (Å²) in [5, 5.41) is 0. The fraction of sp³-hybridized carbons (Fsp3) is 0. The lowest BCUT2D eigenvalue weighted by atomic mass is 9.88. The number of nitrogens with zero attached hydrogens (tertiary/aromatic N) is 6. The highest BCUT2D eigenvalue weighted by atomic mass is 15.0. The lowest BCUT2D eigenvalue weighted by Crippen LogP contribution is -2.01. The second-order valence-corrected chi connectivity index (χ2v) is 31.2. The predicted molar refractivity (Wildman–Crippen MR) is 523 cm³/mol. The Labute approximate surface area is 735 Å². The van der Waals surface area contributed by atoms with Crippen LogP contribution in [0.1, 0.15) is 0 Å². The van der Waals surface area contributed by atoms with Crippen LogP contribution in [0.3, 0.4) is 0 Å². The molecule has 0 radical (unpaired) electrons. The van der Waals surface area contributed by atoms with Crippen molar-refractivity contribution in [3.63, 3.8) is 0 Å². The maximum Gasteiger partial charge on any atom is 0.164 e. The van der Waals surface area contributed by atoms with Crippen LogP contribution in [-0.4, -0.2) is 29.9 Å². The van der Waals surface area contributed by atoms with E-state index in [1.807, 2.05) is 60.7 Å². The fourth-order valence-corrected chi connectivity index (χ4v) is 16.7. The summed E-state index contributed by atoms with van der Waals surface area (Å²) in [6.45, 7) is 0. The molecule has 2 aromatic heterocycles. The molecule has 0 aliphatic heterocycles. The second kappa shape index (κ2) is 36.3. The van der Waals surface area contributed by atoms with Gasteiger partial charge in [0.05, 0.1) is 0 Å². The Kier molecular flexibility index (Phi) is 22.4. The molecule has 21 rings (SSSR count). The summed E-state index contributed by atoms with van der Waals surface area (Å²) in [6.07, 6.45) is 0. The summed E-state index contributed by atoms with van der Waals surface area (Å²) >= 11 is 0. The van der Waals surface area contributed by atoms with Gasteiger partial charge in [-0.2, -0.15) is 0 Å². The van der Waals surface area contributed by atoms with Crippen LogP contribution in [-0.2, 0) is 0 Å². The van der Waals surface area contributed by atoms with Crippen LogP contribution < -0.4 is 0 Å². The van der Waals surface area contributed by atoms with Gasteiger partial charge in [0.15, 0.2) is 34.9 Å². The van der Waals surface area contributed by atoms with E-state index in [4.69, 9.17) is 29.9 Å². The van der Waals surface area contributed by atoms with Gasteiger partial charge < -0.3 is 0 Å². The van der Waals surface area contributed by atoms with E-state index in [2.05, 4.69) is 437 Å². The highest BCUT2D eigenvalue weighted by Crippen LogP contribution is 2.45. The molecule has 0 saturated heterocycles.